The number of quaternary nitrogens is 1. The monoisotopic (exact) mass is 317 g/mol. The van der Waals surface area contributed by atoms with Crippen LogP contribution in [0.3, 0.4) is 0 Å². The minimum Gasteiger partial charge on any atom is -0.330 e. The summed E-state index contributed by atoms with van der Waals surface area (Å²) in [6, 6.07) is 15.6. The summed E-state index contributed by atoms with van der Waals surface area (Å²) in [5, 5.41) is 5.73. The smallest absolute Gasteiger partial charge is 0.282 e. The van der Waals surface area contributed by atoms with Crippen LogP contribution in [0.25, 0.3) is 0 Å². The number of nitrogens with two attached hydrogens (primary N) is 1. The summed E-state index contributed by atoms with van der Waals surface area (Å²) in [5.74, 6) is 0.00594. The zero-order valence-corrected chi connectivity index (χ0v) is 13.9. The van der Waals surface area contributed by atoms with Crippen molar-refractivity contribution in [1.29, 1.82) is 0 Å². The number of halogens is 1. The predicted molar refractivity (Wildman–Crippen MR) is 91.1 cm³/mol. The molecule has 0 spiro atoms. The lowest BCUT2D eigenvalue weighted by molar-refractivity contribution is -0.709. The number of benzene rings is 2. The number of anilines is 1. The van der Waals surface area contributed by atoms with Crippen molar-refractivity contribution in [2.45, 2.75) is 32.9 Å². The van der Waals surface area contributed by atoms with E-state index in [1.165, 1.54) is 0 Å². The lowest BCUT2D eigenvalue weighted by Gasteiger charge is -2.17. The van der Waals surface area contributed by atoms with Gasteiger partial charge < -0.3 is 10.6 Å². The van der Waals surface area contributed by atoms with Crippen LogP contribution in [-0.4, -0.2) is 11.9 Å². The van der Waals surface area contributed by atoms with Crippen LogP contribution in [0, 0.1) is 6.92 Å². The van der Waals surface area contributed by atoms with Gasteiger partial charge in [0.15, 0.2) is 6.04 Å². The standard InChI is InChI=1S/C18H21ClN2O/c1-12-5-4-6-17(11-12)21-18(22)14(3)20-13(2)15-7-9-16(19)10-8-15/h4-11,13-14,20H,1-3H3,(H,21,22)/p+1/t13-,14+/m0/s1. The molecule has 2 atom stereocenters. The summed E-state index contributed by atoms with van der Waals surface area (Å²) < 4.78 is 0. The van der Waals surface area contributed by atoms with Crippen molar-refractivity contribution >= 4 is 23.2 Å². The zero-order valence-electron chi connectivity index (χ0n) is 13.1. The van der Waals surface area contributed by atoms with E-state index in [0.29, 0.717) is 0 Å². The summed E-state index contributed by atoms with van der Waals surface area (Å²) in [6.07, 6.45) is 0. The van der Waals surface area contributed by atoms with Gasteiger partial charge in [0.05, 0.1) is 0 Å². The highest BCUT2D eigenvalue weighted by Crippen LogP contribution is 2.14. The number of amides is 1. The molecule has 0 saturated carbocycles. The molecule has 0 aliphatic heterocycles. The van der Waals surface area contributed by atoms with Crippen LogP contribution in [0.1, 0.15) is 31.0 Å². The molecule has 0 aliphatic carbocycles. The molecule has 0 fully saturated rings. The van der Waals surface area contributed by atoms with Gasteiger partial charge in [-0.15, -0.1) is 0 Å². The second-order valence-electron chi connectivity index (χ2n) is 5.68. The van der Waals surface area contributed by atoms with E-state index < -0.39 is 0 Å². The van der Waals surface area contributed by atoms with Gasteiger partial charge in [-0.3, -0.25) is 4.79 Å². The first-order valence-electron chi connectivity index (χ1n) is 7.43. The normalized spacial score (nSPS) is 13.5. The Morgan fingerprint density at radius 2 is 1.82 bits per heavy atom. The Bertz CT molecular complexity index is 640. The number of carbonyl (C=O) groups is 1. The highest BCUT2D eigenvalue weighted by molar-refractivity contribution is 6.30. The molecule has 3 nitrogen and oxygen atoms in total. The number of hydrogen-bond donors (Lipinski definition) is 2. The fourth-order valence-electron chi connectivity index (χ4n) is 2.38. The third-order valence-corrected chi connectivity index (χ3v) is 3.92. The minimum absolute atomic E-state index is 0.00594. The van der Waals surface area contributed by atoms with E-state index in [-0.39, 0.29) is 18.0 Å². The van der Waals surface area contributed by atoms with Crippen LogP contribution in [0.2, 0.25) is 5.02 Å². The molecular weight excluding hydrogens is 296 g/mol. The van der Waals surface area contributed by atoms with E-state index in [1.54, 1.807) is 0 Å². The fraction of sp³-hybridized carbons (Fsp3) is 0.278. The van der Waals surface area contributed by atoms with E-state index in [9.17, 15) is 4.79 Å². The summed E-state index contributed by atoms with van der Waals surface area (Å²) in [5.41, 5.74) is 3.12. The van der Waals surface area contributed by atoms with Crippen LogP contribution in [0.4, 0.5) is 5.69 Å². The third kappa shape index (κ3) is 4.58. The topological polar surface area (TPSA) is 45.7 Å². The first-order valence-corrected chi connectivity index (χ1v) is 7.81. The number of aryl methyl sites for hydroxylation is 1. The van der Waals surface area contributed by atoms with E-state index in [4.69, 9.17) is 11.6 Å². The lowest BCUT2D eigenvalue weighted by atomic mass is 10.1. The van der Waals surface area contributed by atoms with Gasteiger partial charge in [-0.05, 0) is 50.6 Å². The van der Waals surface area contributed by atoms with Gasteiger partial charge in [-0.2, -0.15) is 0 Å². The van der Waals surface area contributed by atoms with Gasteiger partial charge in [-0.25, -0.2) is 0 Å². The van der Waals surface area contributed by atoms with Crippen molar-refractivity contribution < 1.29 is 10.1 Å². The molecule has 2 rings (SSSR count). The van der Waals surface area contributed by atoms with Gasteiger partial charge >= 0.3 is 0 Å². The summed E-state index contributed by atoms with van der Waals surface area (Å²) in [4.78, 5) is 12.3. The quantitative estimate of drug-likeness (QED) is 0.873. The molecule has 0 aromatic heterocycles. The van der Waals surface area contributed by atoms with Gasteiger partial charge in [0.2, 0.25) is 0 Å². The summed E-state index contributed by atoms with van der Waals surface area (Å²) in [6.45, 7) is 6.01. The molecule has 0 heterocycles. The molecule has 116 valence electrons. The third-order valence-electron chi connectivity index (χ3n) is 3.67. The molecular formula is C18H22ClN2O+. The second kappa shape index (κ2) is 7.43. The van der Waals surface area contributed by atoms with Crippen LogP contribution < -0.4 is 10.6 Å². The minimum atomic E-state index is -0.175. The Labute approximate surface area is 136 Å². The van der Waals surface area contributed by atoms with Crippen molar-refractivity contribution in [3.63, 3.8) is 0 Å². The predicted octanol–water partition coefficient (Wildman–Crippen LogP) is 3.30. The maximum atomic E-state index is 12.3. The number of carbonyl (C=O) groups excluding carboxylic acids is 1. The molecule has 3 N–H and O–H groups in total. The highest BCUT2D eigenvalue weighted by atomic mass is 35.5. The van der Waals surface area contributed by atoms with Crippen molar-refractivity contribution in [2.75, 3.05) is 5.32 Å². The summed E-state index contributed by atoms with van der Waals surface area (Å²) >= 11 is 5.90. The molecule has 2 aromatic carbocycles. The molecule has 0 radical (unpaired) electrons. The number of nitrogens with one attached hydrogen (secondary N) is 1. The molecule has 2 aromatic rings. The van der Waals surface area contributed by atoms with E-state index in [2.05, 4.69) is 12.2 Å². The highest BCUT2D eigenvalue weighted by Gasteiger charge is 2.20. The Balaban J connectivity index is 1.94. The lowest BCUT2D eigenvalue weighted by Crippen LogP contribution is -2.91. The molecule has 0 aliphatic rings. The van der Waals surface area contributed by atoms with Crippen molar-refractivity contribution in [1.82, 2.24) is 0 Å². The molecule has 4 heteroatoms. The van der Waals surface area contributed by atoms with Gasteiger partial charge in [0, 0.05) is 16.3 Å². The van der Waals surface area contributed by atoms with Crippen LogP contribution in [0.15, 0.2) is 48.5 Å². The molecule has 0 saturated heterocycles. The molecule has 1 amide bonds. The maximum absolute atomic E-state index is 12.3. The average Bonchev–Trinajstić information content (AvgIpc) is 2.47. The van der Waals surface area contributed by atoms with Crippen LogP contribution in [-0.2, 0) is 4.79 Å². The maximum Gasteiger partial charge on any atom is 0.282 e. The van der Waals surface area contributed by atoms with Gasteiger partial charge in [0.1, 0.15) is 6.04 Å². The van der Waals surface area contributed by atoms with Crippen molar-refractivity contribution in [2.24, 2.45) is 0 Å². The largest absolute Gasteiger partial charge is 0.330 e. The number of rotatable bonds is 5. The fourth-order valence-corrected chi connectivity index (χ4v) is 2.50. The first kappa shape index (κ1) is 16.5. The average molecular weight is 318 g/mol. The Hall–Kier alpha value is -1.84. The first-order chi connectivity index (χ1) is 10.5. The molecule has 22 heavy (non-hydrogen) atoms. The van der Waals surface area contributed by atoms with E-state index >= 15 is 0 Å². The van der Waals surface area contributed by atoms with Crippen molar-refractivity contribution in [3.8, 4) is 0 Å². The van der Waals surface area contributed by atoms with Crippen molar-refractivity contribution in [3.05, 3.63) is 64.7 Å². The van der Waals surface area contributed by atoms with E-state index in [0.717, 1.165) is 21.8 Å². The SMILES string of the molecule is Cc1cccc(NC(=O)[C@@H](C)[NH2+][C@@H](C)c2ccc(Cl)cc2)c1. The summed E-state index contributed by atoms with van der Waals surface area (Å²) in [7, 11) is 0. The van der Waals surface area contributed by atoms with E-state index in [1.807, 2.05) is 67.7 Å². The van der Waals surface area contributed by atoms with Crippen LogP contribution in [0.5, 0.6) is 0 Å². The zero-order chi connectivity index (χ0) is 16.1. The number of hydrogen-bond acceptors (Lipinski definition) is 1. The van der Waals surface area contributed by atoms with Crippen LogP contribution >= 0.6 is 11.6 Å². The second-order valence-corrected chi connectivity index (χ2v) is 6.12. The molecule has 0 bridgehead atoms. The van der Waals surface area contributed by atoms with Gasteiger partial charge in [0.25, 0.3) is 5.91 Å². The Kier molecular flexibility index (Phi) is 5.58. The molecule has 0 unspecified atom stereocenters. The van der Waals surface area contributed by atoms with Gasteiger partial charge in [-0.1, -0.05) is 35.9 Å². The Morgan fingerprint density at radius 3 is 2.45 bits per heavy atom. The Morgan fingerprint density at radius 1 is 1.14 bits per heavy atom.